The van der Waals surface area contributed by atoms with Crippen molar-refractivity contribution >= 4 is 26.7 Å². The van der Waals surface area contributed by atoms with Crippen LogP contribution in [0.15, 0.2) is 18.6 Å². The molecule has 0 unspecified atom stereocenters. The summed E-state index contributed by atoms with van der Waals surface area (Å²) in [5.41, 5.74) is 0.830. The highest BCUT2D eigenvalue weighted by Gasteiger charge is 2.35. The number of fused-ring (bicyclic) bond motifs is 1. The summed E-state index contributed by atoms with van der Waals surface area (Å²) in [5, 5.41) is 1.00. The van der Waals surface area contributed by atoms with E-state index in [4.69, 9.17) is 0 Å². The minimum Gasteiger partial charge on any atom is -0.356 e. The van der Waals surface area contributed by atoms with E-state index in [9.17, 15) is 8.42 Å². The van der Waals surface area contributed by atoms with Crippen LogP contribution in [0.5, 0.6) is 0 Å². The zero-order valence-electron chi connectivity index (χ0n) is 12.3. The van der Waals surface area contributed by atoms with Crippen LogP contribution in [-0.4, -0.2) is 48.0 Å². The van der Waals surface area contributed by atoms with Gasteiger partial charge in [-0.25, -0.2) is 18.4 Å². The highest BCUT2D eigenvalue weighted by atomic mass is 32.2. The van der Waals surface area contributed by atoms with Gasteiger partial charge in [0.2, 0.25) is 0 Å². The fourth-order valence-corrected chi connectivity index (χ4v) is 4.17. The highest BCUT2D eigenvalue weighted by Crippen LogP contribution is 2.35. The zero-order valence-corrected chi connectivity index (χ0v) is 13.1. The summed E-state index contributed by atoms with van der Waals surface area (Å²) < 4.78 is 23.3. The lowest BCUT2D eigenvalue weighted by Gasteiger charge is -2.41. The summed E-state index contributed by atoms with van der Waals surface area (Å²) in [6.07, 6.45) is 5.23. The van der Waals surface area contributed by atoms with Crippen molar-refractivity contribution in [2.45, 2.75) is 25.8 Å². The molecule has 1 saturated carbocycles. The fraction of sp³-hybridized carbons (Fsp3) is 0.571. The molecule has 2 aromatic heterocycles. The molecule has 1 N–H and O–H groups in total. The van der Waals surface area contributed by atoms with Crippen molar-refractivity contribution in [1.29, 1.82) is 0 Å². The van der Waals surface area contributed by atoms with Crippen LogP contribution in [-0.2, 0) is 9.84 Å². The second-order valence-electron chi connectivity index (χ2n) is 5.74. The maximum Gasteiger partial charge on any atom is 0.150 e. The molecule has 0 amide bonds. The van der Waals surface area contributed by atoms with Crippen LogP contribution in [0.25, 0.3) is 11.0 Å². The van der Waals surface area contributed by atoms with Gasteiger partial charge in [0.05, 0.1) is 11.1 Å². The Balaban J connectivity index is 1.68. The predicted molar refractivity (Wildman–Crippen MR) is 83.1 cm³/mol. The lowest BCUT2D eigenvalue weighted by molar-refractivity contribution is 0.282. The van der Waals surface area contributed by atoms with Gasteiger partial charge in [-0.1, -0.05) is 6.92 Å². The summed E-state index contributed by atoms with van der Waals surface area (Å²) in [7, 11) is -0.850. The maximum absolute atomic E-state index is 11.7. The molecule has 0 radical (unpaired) electrons. The van der Waals surface area contributed by atoms with Crippen molar-refractivity contribution in [3.63, 3.8) is 0 Å². The molecule has 1 aliphatic rings. The summed E-state index contributed by atoms with van der Waals surface area (Å²) in [4.78, 5) is 13.8. The van der Waals surface area contributed by atoms with Crippen molar-refractivity contribution in [2.75, 3.05) is 23.5 Å². The van der Waals surface area contributed by atoms with Gasteiger partial charge in [-0.05, 0) is 24.8 Å². The van der Waals surface area contributed by atoms with E-state index in [1.165, 1.54) is 0 Å². The van der Waals surface area contributed by atoms with Crippen LogP contribution in [0.1, 0.15) is 19.8 Å². The van der Waals surface area contributed by atoms with Gasteiger partial charge in [-0.3, -0.25) is 0 Å². The molecule has 0 bridgehead atoms. The molecule has 7 heteroatoms. The molecule has 1 aliphatic carbocycles. The van der Waals surface area contributed by atoms with E-state index in [0.29, 0.717) is 11.8 Å². The third-order valence-electron chi connectivity index (χ3n) is 4.36. The zero-order chi connectivity index (χ0) is 15.0. The summed E-state index contributed by atoms with van der Waals surface area (Å²) in [6.45, 7) is 1.71. The van der Waals surface area contributed by atoms with Gasteiger partial charge in [0.25, 0.3) is 0 Å². The molecule has 0 spiro atoms. The third-order valence-corrected chi connectivity index (χ3v) is 6.21. The van der Waals surface area contributed by atoms with E-state index < -0.39 is 9.84 Å². The fourth-order valence-electron chi connectivity index (χ4n) is 2.94. The van der Waals surface area contributed by atoms with Gasteiger partial charge >= 0.3 is 0 Å². The van der Waals surface area contributed by atoms with Gasteiger partial charge in [0.15, 0.2) is 0 Å². The minimum atomic E-state index is -2.87. The van der Waals surface area contributed by atoms with Gasteiger partial charge < -0.3 is 9.88 Å². The van der Waals surface area contributed by atoms with Crippen LogP contribution >= 0.6 is 0 Å². The molecular weight excluding hydrogens is 288 g/mol. The smallest absolute Gasteiger partial charge is 0.150 e. The van der Waals surface area contributed by atoms with Gasteiger partial charge in [-0.15, -0.1) is 0 Å². The number of aromatic nitrogens is 3. The average Bonchev–Trinajstić information content (AvgIpc) is 2.90. The van der Waals surface area contributed by atoms with Crippen LogP contribution in [0.2, 0.25) is 0 Å². The molecule has 6 nitrogen and oxygen atoms in total. The highest BCUT2D eigenvalue weighted by molar-refractivity contribution is 7.91. The molecule has 0 atom stereocenters. The van der Waals surface area contributed by atoms with Crippen molar-refractivity contribution < 1.29 is 8.42 Å². The number of hydrogen-bond donors (Lipinski definition) is 1. The number of sulfone groups is 1. The molecule has 114 valence electrons. The van der Waals surface area contributed by atoms with Crippen LogP contribution in [0.4, 0.5) is 5.82 Å². The number of rotatable bonds is 5. The van der Waals surface area contributed by atoms with E-state index in [2.05, 4.69) is 19.9 Å². The minimum absolute atomic E-state index is 0.236. The van der Waals surface area contributed by atoms with Crippen molar-refractivity contribution in [2.24, 2.45) is 5.92 Å². The number of aromatic amines is 1. The van der Waals surface area contributed by atoms with E-state index in [0.717, 1.165) is 29.7 Å². The SMILES string of the molecule is CCS(=O)(=O)C[C@H]1C[C@@H](N(C)c2ncnc3[nH]ccc23)C1. The number of hydrogen-bond acceptors (Lipinski definition) is 5. The number of nitrogens with zero attached hydrogens (tertiary/aromatic N) is 3. The molecule has 3 rings (SSSR count). The molecular formula is C14H20N4O2S. The van der Waals surface area contributed by atoms with E-state index in [1.807, 2.05) is 19.3 Å². The normalized spacial score (nSPS) is 22.2. The summed E-state index contributed by atoms with van der Waals surface area (Å²) in [5.74, 6) is 1.74. The molecule has 0 aromatic carbocycles. The Morgan fingerprint density at radius 1 is 1.38 bits per heavy atom. The second-order valence-corrected chi connectivity index (χ2v) is 8.14. The molecule has 21 heavy (non-hydrogen) atoms. The quantitative estimate of drug-likeness (QED) is 0.908. The monoisotopic (exact) mass is 308 g/mol. The lowest BCUT2D eigenvalue weighted by atomic mass is 9.81. The van der Waals surface area contributed by atoms with Crippen molar-refractivity contribution in [3.05, 3.63) is 18.6 Å². The molecule has 0 aliphatic heterocycles. The summed E-state index contributed by atoms with van der Waals surface area (Å²) >= 11 is 0. The lowest BCUT2D eigenvalue weighted by Crippen LogP contribution is -2.45. The van der Waals surface area contributed by atoms with Crippen LogP contribution in [0.3, 0.4) is 0 Å². The van der Waals surface area contributed by atoms with Crippen molar-refractivity contribution in [1.82, 2.24) is 15.0 Å². The number of anilines is 1. The predicted octanol–water partition coefficient (Wildman–Crippen LogP) is 1.61. The van der Waals surface area contributed by atoms with E-state index in [-0.39, 0.29) is 11.7 Å². The number of nitrogens with one attached hydrogen (secondary N) is 1. The Bertz CT molecular complexity index is 734. The Labute approximate surface area is 124 Å². The van der Waals surface area contributed by atoms with Crippen LogP contribution in [0, 0.1) is 5.92 Å². The third kappa shape index (κ3) is 2.74. The first-order valence-corrected chi connectivity index (χ1v) is 9.03. The standard InChI is InChI=1S/C14H20N4O2S/c1-3-21(19,20)8-10-6-11(7-10)18(2)14-12-4-5-15-13(12)16-9-17-14/h4-5,9-11H,3,6-8H2,1-2H3,(H,15,16,17)/t10-,11+. The molecule has 0 saturated heterocycles. The largest absolute Gasteiger partial charge is 0.356 e. The van der Waals surface area contributed by atoms with Crippen molar-refractivity contribution in [3.8, 4) is 0 Å². The Kier molecular flexibility index (Phi) is 3.61. The first-order chi connectivity index (χ1) is 10.00. The average molecular weight is 308 g/mol. The van der Waals surface area contributed by atoms with Gasteiger partial charge in [-0.2, -0.15) is 0 Å². The van der Waals surface area contributed by atoms with Gasteiger partial charge in [0, 0.05) is 25.0 Å². The second kappa shape index (κ2) is 5.29. The number of H-pyrrole nitrogens is 1. The Hall–Kier alpha value is -1.63. The topological polar surface area (TPSA) is 79.0 Å². The van der Waals surface area contributed by atoms with E-state index in [1.54, 1.807) is 13.3 Å². The first kappa shape index (κ1) is 14.3. The van der Waals surface area contributed by atoms with E-state index >= 15 is 0 Å². The first-order valence-electron chi connectivity index (χ1n) is 7.21. The maximum atomic E-state index is 11.7. The van der Waals surface area contributed by atoms with Gasteiger partial charge in [0.1, 0.15) is 27.6 Å². The Morgan fingerprint density at radius 3 is 2.86 bits per heavy atom. The molecule has 1 fully saturated rings. The molecule has 2 heterocycles. The van der Waals surface area contributed by atoms with Crippen LogP contribution < -0.4 is 4.90 Å². The Morgan fingerprint density at radius 2 is 2.14 bits per heavy atom. The molecule has 2 aromatic rings. The summed E-state index contributed by atoms with van der Waals surface area (Å²) in [6, 6.07) is 2.33.